The van der Waals surface area contributed by atoms with Gasteiger partial charge in [-0.3, -0.25) is 4.90 Å². The van der Waals surface area contributed by atoms with Gasteiger partial charge in [-0.1, -0.05) is 35.5 Å². The fraction of sp³-hybridized carbons (Fsp3) is 0.400. The molecule has 1 saturated heterocycles. The minimum atomic E-state index is -2.85. The van der Waals surface area contributed by atoms with E-state index >= 15 is 0 Å². The van der Waals surface area contributed by atoms with Gasteiger partial charge < -0.3 is 4.52 Å². The largest absolute Gasteiger partial charge is 0.361 e. The Bertz CT molecular complexity index is 709. The molecule has 0 bridgehead atoms. The van der Waals surface area contributed by atoms with Crippen LogP contribution >= 0.6 is 0 Å². The van der Waals surface area contributed by atoms with Crippen molar-refractivity contribution in [1.82, 2.24) is 10.1 Å². The molecule has 0 amide bonds. The van der Waals surface area contributed by atoms with Crippen molar-refractivity contribution in [1.29, 1.82) is 0 Å². The molecule has 2 aromatic rings. The summed E-state index contributed by atoms with van der Waals surface area (Å²) in [7, 11) is -2.85. The summed E-state index contributed by atoms with van der Waals surface area (Å²) in [6, 6.07) is 9.90. The van der Waals surface area contributed by atoms with Crippen molar-refractivity contribution >= 4 is 9.84 Å². The molecule has 0 saturated carbocycles. The van der Waals surface area contributed by atoms with Crippen molar-refractivity contribution in [3.63, 3.8) is 0 Å². The van der Waals surface area contributed by atoms with Gasteiger partial charge in [0.25, 0.3) is 0 Å². The van der Waals surface area contributed by atoms with Gasteiger partial charge >= 0.3 is 0 Å². The van der Waals surface area contributed by atoms with Crippen LogP contribution in [0.25, 0.3) is 11.3 Å². The lowest BCUT2D eigenvalue weighted by Crippen LogP contribution is -2.39. The van der Waals surface area contributed by atoms with Crippen molar-refractivity contribution in [3.05, 3.63) is 41.7 Å². The van der Waals surface area contributed by atoms with E-state index in [1.54, 1.807) is 0 Å². The summed E-state index contributed by atoms with van der Waals surface area (Å²) >= 11 is 0. The Labute approximate surface area is 124 Å². The second-order valence-corrected chi connectivity index (χ2v) is 7.66. The van der Waals surface area contributed by atoms with Crippen molar-refractivity contribution in [2.75, 3.05) is 24.6 Å². The number of benzene rings is 1. The lowest BCUT2D eigenvalue weighted by atomic mass is 10.1. The van der Waals surface area contributed by atoms with E-state index in [1.165, 1.54) is 0 Å². The molecular formula is C15H18N2O3S. The van der Waals surface area contributed by atoms with Crippen molar-refractivity contribution < 1.29 is 12.9 Å². The molecule has 0 aliphatic carbocycles. The molecule has 0 N–H and O–H groups in total. The molecule has 3 rings (SSSR count). The third kappa shape index (κ3) is 3.16. The van der Waals surface area contributed by atoms with E-state index in [4.69, 9.17) is 4.52 Å². The highest BCUT2D eigenvalue weighted by atomic mass is 32.2. The molecule has 0 unspecified atom stereocenters. The van der Waals surface area contributed by atoms with E-state index < -0.39 is 9.84 Å². The van der Waals surface area contributed by atoms with Gasteiger partial charge in [-0.05, 0) is 6.92 Å². The predicted molar refractivity (Wildman–Crippen MR) is 80.6 cm³/mol. The van der Waals surface area contributed by atoms with Gasteiger partial charge in [-0.15, -0.1) is 0 Å². The normalized spacial score (nSPS) is 18.7. The van der Waals surface area contributed by atoms with E-state index in [1.807, 2.05) is 37.3 Å². The molecule has 6 heteroatoms. The zero-order chi connectivity index (χ0) is 14.9. The Kier molecular flexibility index (Phi) is 3.82. The molecular weight excluding hydrogens is 288 g/mol. The zero-order valence-corrected chi connectivity index (χ0v) is 12.8. The molecule has 1 aliphatic heterocycles. The van der Waals surface area contributed by atoms with Crippen LogP contribution in [0.5, 0.6) is 0 Å². The number of nitrogens with zero attached hydrogens (tertiary/aromatic N) is 2. The molecule has 1 aliphatic rings. The van der Waals surface area contributed by atoms with Gasteiger partial charge in [-0.2, -0.15) is 0 Å². The molecule has 5 nitrogen and oxygen atoms in total. The average molecular weight is 306 g/mol. The maximum atomic E-state index is 11.5. The SMILES string of the molecule is Cc1onc(-c2ccccc2)c1CN1CCS(=O)(=O)CC1. The standard InChI is InChI=1S/C15H18N2O3S/c1-12-14(11-17-7-9-21(18,19)10-8-17)15(16-20-12)13-5-3-2-4-6-13/h2-6H,7-11H2,1H3. The van der Waals surface area contributed by atoms with Crippen LogP contribution in [0.2, 0.25) is 0 Å². The van der Waals surface area contributed by atoms with Crippen LogP contribution in [0.15, 0.2) is 34.9 Å². The van der Waals surface area contributed by atoms with Gasteiger partial charge in [0, 0.05) is 30.8 Å². The zero-order valence-electron chi connectivity index (χ0n) is 11.9. The number of hydrogen-bond donors (Lipinski definition) is 0. The van der Waals surface area contributed by atoms with Crippen molar-refractivity contribution in [2.45, 2.75) is 13.5 Å². The summed E-state index contributed by atoms with van der Waals surface area (Å²) in [6.45, 7) is 3.72. The summed E-state index contributed by atoms with van der Waals surface area (Å²) in [5.74, 6) is 1.26. The second-order valence-electron chi connectivity index (χ2n) is 5.36. The van der Waals surface area contributed by atoms with Gasteiger partial charge in [0.15, 0.2) is 9.84 Å². The van der Waals surface area contributed by atoms with E-state index in [0.717, 1.165) is 22.6 Å². The number of aryl methyl sites for hydroxylation is 1. The Morgan fingerprint density at radius 1 is 1.19 bits per heavy atom. The summed E-state index contributed by atoms with van der Waals surface area (Å²) in [5.41, 5.74) is 2.91. The lowest BCUT2D eigenvalue weighted by molar-refractivity contribution is 0.285. The van der Waals surface area contributed by atoms with Crippen LogP contribution in [-0.4, -0.2) is 43.1 Å². The minimum absolute atomic E-state index is 0.234. The number of hydrogen-bond acceptors (Lipinski definition) is 5. The fourth-order valence-corrected chi connectivity index (χ4v) is 3.81. The quantitative estimate of drug-likeness (QED) is 0.866. The average Bonchev–Trinajstić information content (AvgIpc) is 2.83. The first-order valence-electron chi connectivity index (χ1n) is 6.98. The smallest absolute Gasteiger partial charge is 0.152 e. The third-order valence-electron chi connectivity index (χ3n) is 3.85. The highest BCUT2D eigenvalue weighted by Gasteiger charge is 2.24. The third-order valence-corrected chi connectivity index (χ3v) is 5.46. The molecule has 0 atom stereocenters. The highest BCUT2D eigenvalue weighted by Crippen LogP contribution is 2.26. The highest BCUT2D eigenvalue weighted by molar-refractivity contribution is 7.91. The van der Waals surface area contributed by atoms with Crippen LogP contribution in [-0.2, 0) is 16.4 Å². The number of rotatable bonds is 3. The van der Waals surface area contributed by atoms with E-state index in [2.05, 4.69) is 10.1 Å². The maximum Gasteiger partial charge on any atom is 0.152 e. The van der Waals surface area contributed by atoms with Crippen molar-refractivity contribution in [2.24, 2.45) is 0 Å². The number of aromatic nitrogens is 1. The molecule has 1 aromatic heterocycles. The van der Waals surface area contributed by atoms with E-state index in [0.29, 0.717) is 19.6 Å². The van der Waals surface area contributed by atoms with Gasteiger partial charge in [-0.25, -0.2) is 8.42 Å². The monoisotopic (exact) mass is 306 g/mol. The maximum absolute atomic E-state index is 11.5. The van der Waals surface area contributed by atoms with Crippen LogP contribution < -0.4 is 0 Å². The number of sulfone groups is 1. The van der Waals surface area contributed by atoms with E-state index in [9.17, 15) is 8.42 Å². The van der Waals surface area contributed by atoms with Gasteiger partial charge in [0.1, 0.15) is 11.5 Å². The molecule has 21 heavy (non-hydrogen) atoms. The second kappa shape index (κ2) is 5.61. The van der Waals surface area contributed by atoms with Gasteiger partial charge in [0.2, 0.25) is 0 Å². The lowest BCUT2D eigenvalue weighted by Gasteiger charge is -2.26. The molecule has 1 fully saturated rings. The minimum Gasteiger partial charge on any atom is -0.361 e. The Hall–Kier alpha value is -1.66. The topological polar surface area (TPSA) is 63.4 Å². The summed E-state index contributed by atoms with van der Waals surface area (Å²) in [4.78, 5) is 2.15. The van der Waals surface area contributed by atoms with Crippen LogP contribution in [0.1, 0.15) is 11.3 Å². The Morgan fingerprint density at radius 3 is 2.52 bits per heavy atom. The summed E-state index contributed by atoms with van der Waals surface area (Å²) < 4.78 is 28.3. The van der Waals surface area contributed by atoms with Crippen LogP contribution in [0.3, 0.4) is 0 Å². The first-order valence-corrected chi connectivity index (χ1v) is 8.81. The van der Waals surface area contributed by atoms with Gasteiger partial charge in [0.05, 0.1) is 11.5 Å². The predicted octanol–water partition coefficient (Wildman–Crippen LogP) is 1.88. The van der Waals surface area contributed by atoms with Crippen LogP contribution in [0.4, 0.5) is 0 Å². The van der Waals surface area contributed by atoms with Crippen molar-refractivity contribution in [3.8, 4) is 11.3 Å². The Balaban J connectivity index is 1.82. The molecule has 112 valence electrons. The molecule has 1 aromatic carbocycles. The van der Waals surface area contributed by atoms with E-state index in [-0.39, 0.29) is 11.5 Å². The van der Waals surface area contributed by atoms with Crippen LogP contribution in [0, 0.1) is 6.92 Å². The Morgan fingerprint density at radius 2 is 1.86 bits per heavy atom. The first kappa shape index (κ1) is 14.3. The fourth-order valence-electron chi connectivity index (χ4n) is 2.53. The molecule has 0 spiro atoms. The summed E-state index contributed by atoms with van der Waals surface area (Å²) in [5, 5.41) is 4.16. The molecule has 2 heterocycles. The first-order chi connectivity index (χ1) is 10.1. The summed E-state index contributed by atoms with van der Waals surface area (Å²) in [6.07, 6.45) is 0. The molecule has 0 radical (unpaired) electrons.